The molecule has 3 N–H and O–H groups in total. The Bertz CT molecular complexity index is 1000. The number of hydrogen-bond donors (Lipinski definition) is 3. The van der Waals surface area contributed by atoms with E-state index in [4.69, 9.17) is 11.6 Å². The van der Waals surface area contributed by atoms with Gasteiger partial charge < -0.3 is 0 Å². The molecule has 0 bridgehead atoms. The average molecular weight is 343 g/mol. The number of hydrogen-bond acceptors (Lipinski definition) is 4. The van der Waals surface area contributed by atoms with Crippen molar-refractivity contribution in [2.24, 2.45) is 0 Å². The molecule has 3 aromatic rings. The SMILES string of the molecule is O=C(NNC(=O)c1n[nH]c(=O)c2ccccc12)c1ccccc1Cl. The molecular formula is C16H11ClN4O3. The fraction of sp³-hybridized carbons (Fsp3) is 0. The summed E-state index contributed by atoms with van der Waals surface area (Å²) in [6.07, 6.45) is 0. The zero-order chi connectivity index (χ0) is 17.1. The first-order valence-electron chi connectivity index (χ1n) is 6.90. The molecule has 120 valence electrons. The Morgan fingerprint density at radius 3 is 2.29 bits per heavy atom. The molecule has 3 rings (SSSR count). The van der Waals surface area contributed by atoms with Gasteiger partial charge in [-0.1, -0.05) is 41.9 Å². The number of rotatable bonds is 2. The van der Waals surface area contributed by atoms with Crippen molar-refractivity contribution in [3.63, 3.8) is 0 Å². The van der Waals surface area contributed by atoms with Gasteiger partial charge >= 0.3 is 0 Å². The Morgan fingerprint density at radius 2 is 1.54 bits per heavy atom. The standard InChI is InChI=1S/C16H11ClN4O3/c17-12-8-4-3-7-11(12)15(23)20-21-16(24)13-9-5-1-2-6-10(9)14(22)19-18-13/h1-8H,(H,19,22)(H,20,23)(H,21,24). The van der Waals surface area contributed by atoms with Gasteiger partial charge in [-0.3, -0.25) is 25.2 Å². The number of benzene rings is 2. The molecule has 0 aliphatic carbocycles. The lowest BCUT2D eigenvalue weighted by Gasteiger charge is -2.09. The van der Waals surface area contributed by atoms with Gasteiger partial charge in [-0.05, 0) is 18.2 Å². The normalized spacial score (nSPS) is 10.4. The maximum absolute atomic E-state index is 12.2. The fourth-order valence-corrected chi connectivity index (χ4v) is 2.39. The van der Waals surface area contributed by atoms with Gasteiger partial charge in [0.25, 0.3) is 17.4 Å². The topological polar surface area (TPSA) is 104 Å². The summed E-state index contributed by atoms with van der Waals surface area (Å²) < 4.78 is 0. The third-order valence-electron chi connectivity index (χ3n) is 3.32. The first-order valence-corrected chi connectivity index (χ1v) is 7.28. The van der Waals surface area contributed by atoms with Crippen LogP contribution in [0.15, 0.2) is 53.3 Å². The van der Waals surface area contributed by atoms with E-state index < -0.39 is 17.4 Å². The molecule has 0 unspecified atom stereocenters. The molecule has 0 spiro atoms. The van der Waals surface area contributed by atoms with E-state index in [9.17, 15) is 14.4 Å². The van der Waals surface area contributed by atoms with E-state index >= 15 is 0 Å². The quantitative estimate of drug-likeness (QED) is 0.616. The van der Waals surface area contributed by atoms with E-state index in [0.29, 0.717) is 10.8 Å². The maximum atomic E-state index is 12.2. The van der Waals surface area contributed by atoms with Gasteiger partial charge in [-0.2, -0.15) is 5.10 Å². The number of carbonyl (C=O) groups is 2. The summed E-state index contributed by atoms with van der Waals surface area (Å²) in [7, 11) is 0. The van der Waals surface area contributed by atoms with Crippen molar-refractivity contribution in [1.29, 1.82) is 0 Å². The number of fused-ring (bicyclic) bond motifs is 1. The van der Waals surface area contributed by atoms with E-state index in [-0.39, 0.29) is 16.3 Å². The van der Waals surface area contributed by atoms with Crippen LogP contribution in [0.4, 0.5) is 0 Å². The van der Waals surface area contributed by atoms with Crippen LogP contribution in [0.1, 0.15) is 20.8 Å². The molecule has 0 atom stereocenters. The van der Waals surface area contributed by atoms with Crippen LogP contribution in [0.25, 0.3) is 10.8 Å². The molecule has 1 aromatic heterocycles. The largest absolute Gasteiger partial charge is 0.290 e. The second-order valence-electron chi connectivity index (χ2n) is 4.84. The summed E-state index contributed by atoms with van der Waals surface area (Å²) in [6, 6.07) is 13.0. The van der Waals surface area contributed by atoms with E-state index in [1.54, 1.807) is 42.5 Å². The van der Waals surface area contributed by atoms with Crippen LogP contribution in [-0.4, -0.2) is 22.0 Å². The van der Waals surface area contributed by atoms with Crippen molar-refractivity contribution >= 4 is 34.2 Å². The summed E-state index contributed by atoms with van der Waals surface area (Å²) in [5.74, 6) is -1.23. The molecule has 0 aliphatic heterocycles. The van der Waals surface area contributed by atoms with Gasteiger partial charge in [0.2, 0.25) is 0 Å². The van der Waals surface area contributed by atoms with Gasteiger partial charge in [0.1, 0.15) is 0 Å². The van der Waals surface area contributed by atoms with Gasteiger partial charge in [-0.15, -0.1) is 0 Å². The number of hydrazine groups is 1. The van der Waals surface area contributed by atoms with Crippen molar-refractivity contribution in [3.05, 3.63) is 75.2 Å². The van der Waals surface area contributed by atoms with Crippen molar-refractivity contribution in [3.8, 4) is 0 Å². The van der Waals surface area contributed by atoms with Gasteiger partial charge in [0.05, 0.1) is 16.0 Å². The summed E-state index contributed by atoms with van der Waals surface area (Å²) in [5.41, 5.74) is 4.33. The van der Waals surface area contributed by atoms with Crippen LogP contribution < -0.4 is 16.4 Å². The lowest BCUT2D eigenvalue weighted by Crippen LogP contribution is -2.42. The number of H-pyrrole nitrogens is 1. The molecule has 2 amide bonds. The summed E-state index contributed by atoms with van der Waals surface area (Å²) in [6.45, 7) is 0. The molecule has 1 heterocycles. The van der Waals surface area contributed by atoms with Crippen molar-refractivity contribution in [2.45, 2.75) is 0 Å². The van der Waals surface area contributed by atoms with E-state index in [1.165, 1.54) is 6.07 Å². The minimum Gasteiger partial charge on any atom is -0.267 e. The Balaban J connectivity index is 1.82. The monoisotopic (exact) mass is 342 g/mol. The lowest BCUT2D eigenvalue weighted by molar-refractivity contribution is 0.0844. The smallest absolute Gasteiger partial charge is 0.267 e. The van der Waals surface area contributed by atoms with Crippen molar-refractivity contribution in [1.82, 2.24) is 21.0 Å². The molecule has 0 saturated heterocycles. The summed E-state index contributed by atoms with van der Waals surface area (Å²) >= 11 is 5.92. The van der Waals surface area contributed by atoms with Crippen LogP contribution >= 0.6 is 11.6 Å². The zero-order valence-electron chi connectivity index (χ0n) is 12.2. The Labute approximate surface area is 140 Å². The van der Waals surface area contributed by atoms with Crippen LogP contribution in [0.2, 0.25) is 5.02 Å². The first kappa shape index (κ1) is 15.7. The van der Waals surface area contributed by atoms with Crippen molar-refractivity contribution < 1.29 is 9.59 Å². The first-order chi connectivity index (χ1) is 11.6. The van der Waals surface area contributed by atoms with Crippen LogP contribution in [0.3, 0.4) is 0 Å². The predicted molar refractivity (Wildman–Crippen MR) is 88.7 cm³/mol. The molecule has 8 heteroatoms. The number of carbonyl (C=O) groups excluding carboxylic acids is 2. The number of amides is 2. The van der Waals surface area contributed by atoms with Crippen molar-refractivity contribution in [2.75, 3.05) is 0 Å². The second kappa shape index (κ2) is 6.51. The number of nitrogens with one attached hydrogen (secondary N) is 3. The van der Waals surface area contributed by atoms with Crippen LogP contribution in [0, 0.1) is 0 Å². The Morgan fingerprint density at radius 1 is 0.917 bits per heavy atom. The minimum absolute atomic E-state index is 0.00958. The van der Waals surface area contributed by atoms with Crippen LogP contribution in [0.5, 0.6) is 0 Å². The molecule has 0 aliphatic rings. The third-order valence-corrected chi connectivity index (χ3v) is 3.65. The predicted octanol–water partition coefficient (Wildman–Crippen LogP) is 1.65. The van der Waals surface area contributed by atoms with Gasteiger partial charge in [-0.25, -0.2) is 5.10 Å². The maximum Gasteiger partial charge on any atom is 0.290 e. The Kier molecular flexibility index (Phi) is 4.26. The average Bonchev–Trinajstić information content (AvgIpc) is 2.60. The number of halogens is 1. The highest BCUT2D eigenvalue weighted by atomic mass is 35.5. The van der Waals surface area contributed by atoms with E-state index in [2.05, 4.69) is 21.0 Å². The molecular weight excluding hydrogens is 332 g/mol. The highest BCUT2D eigenvalue weighted by Crippen LogP contribution is 2.14. The van der Waals surface area contributed by atoms with E-state index in [0.717, 1.165) is 0 Å². The fourth-order valence-electron chi connectivity index (χ4n) is 2.17. The van der Waals surface area contributed by atoms with Gasteiger partial charge in [0.15, 0.2) is 5.69 Å². The van der Waals surface area contributed by atoms with Gasteiger partial charge in [0, 0.05) is 5.39 Å². The Hall–Kier alpha value is -3.19. The second-order valence-corrected chi connectivity index (χ2v) is 5.24. The molecule has 0 radical (unpaired) electrons. The highest BCUT2D eigenvalue weighted by molar-refractivity contribution is 6.33. The van der Waals surface area contributed by atoms with E-state index in [1.807, 2.05) is 0 Å². The van der Waals surface area contributed by atoms with Crippen LogP contribution in [-0.2, 0) is 0 Å². The summed E-state index contributed by atoms with van der Waals surface area (Å²) in [4.78, 5) is 36.0. The third kappa shape index (κ3) is 2.97. The lowest BCUT2D eigenvalue weighted by atomic mass is 10.1. The number of aromatic nitrogens is 2. The zero-order valence-corrected chi connectivity index (χ0v) is 12.9. The minimum atomic E-state index is -0.664. The summed E-state index contributed by atoms with van der Waals surface area (Å²) in [5, 5.41) is 6.97. The molecule has 0 saturated carbocycles. The molecule has 0 fully saturated rings. The molecule has 24 heavy (non-hydrogen) atoms. The number of nitrogens with zero attached hydrogens (tertiary/aromatic N) is 1. The number of aromatic amines is 1. The molecule has 7 nitrogen and oxygen atoms in total. The highest BCUT2D eigenvalue weighted by Gasteiger charge is 2.16. The molecule has 2 aromatic carbocycles.